The van der Waals surface area contributed by atoms with Crippen molar-refractivity contribution in [3.63, 3.8) is 0 Å². The van der Waals surface area contributed by atoms with Gasteiger partial charge in [0, 0.05) is 15.5 Å². The number of halogens is 1. The molecule has 0 N–H and O–H groups in total. The molecule has 25 heavy (non-hydrogen) atoms. The first kappa shape index (κ1) is 15.1. The Hall–Kier alpha value is -2.22. The minimum atomic E-state index is 0.331. The first-order valence-electron chi connectivity index (χ1n) is 8.34. The van der Waals surface area contributed by atoms with Crippen LogP contribution in [-0.2, 0) is 0 Å². The molecule has 0 aromatic heterocycles. The fourth-order valence-corrected chi connectivity index (χ4v) is 5.29. The van der Waals surface area contributed by atoms with Crippen LogP contribution in [-0.4, -0.2) is 0 Å². The summed E-state index contributed by atoms with van der Waals surface area (Å²) in [5.74, 6) is 0. The van der Waals surface area contributed by atoms with E-state index in [-0.39, 0.29) is 0 Å². The highest BCUT2D eigenvalue weighted by Crippen LogP contribution is 2.61. The van der Waals surface area contributed by atoms with Crippen LogP contribution in [0.15, 0.2) is 84.4 Å². The topological polar surface area (TPSA) is 0 Å². The molecule has 1 aliphatic heterocycles. The van der Waals surface area contributed by atoms with E-state index in [0.717, 1.165) is 5.02 Å². The normalized spacial score (nSPS) is 18.1. The number of benzene rings is 3. The number of allylic oxidation sites excluding steroid dienone is 1. The molecule has 2 aliphatic rings. The molecule has 5 rings (SSSR count). The largest absolute Gasteiger partial charge is 0.112 e. The van der Waals surface area contributed by atoms with Gasteiger partial charge in [0.1, 0.15) is 0 Å². The third-order valence-electron chi connectivity index (χ3n) is 4.77. The van der Waals surface area contributed by atoms with Crippen LogP contribution in [0.5, 0.6) is 0 Å². The standard InChI is InChI=1S/C23H15ClS/c24-18-11-12-19-17(13-18)14-20-21(19)23(16-9-5-2-6-10-16)25-22(20)15-7-3-1-4-8-15/h1-14,22H. The molecule has 2 heteroatoms. The van der Waals surface area contributed by atoms with Crippen molar-refractivity contribution < 1.29 is 0 Å². The van der Waals surface area contributed by atoms with E-state index in [2.05, 4.69) is 78.9 Å². The van der Waals surface area contributed by atoms with E-state index >= 15 is 0 Å². The lowest BCUT2D eigenvalue weighted by molar-refractivity contribution is 1.20. The smallest absolute Gasteiger partial charge is 0.0601 e. The summed E-state index contributed by atoms with van der Waals surface area (Å²) in [6, 6.07) is 27.7. The predicted molar refractivity (Wildman–Crippen MR) is 109 cm³/mol. The van der Waals surface area contributed by atoms with Crippen molar-refractivity contribution in [3.8, 4) is 0 Å². The lowest BCUT2D eigenvalue weighted by atomic mass is 9.96. The van der Waals surface area contributed by atoms with Crippen LogP contribution in [0.1, 0.15) is 27.5 Å². The fourth-order valence-electron chi connectivity index (χ4n) is 3.65. The molecule has 0 amide bonds. The van der Waals surface area contributed by atoms with Crippen molar-refractivity contribution in [3.05, 3.63) is 112 Å². The van der Waals surface area contributed by atoms with Gasteiger partial charge in [-0.1, -0.05) is 78.3 Å². The zero-order valence-electron chi connectivity index (χ0n) is 13.4. The molecule has 0 radical (unpaired) electrons. The van der Waals surface area contributed by atoms with Crippen LogP contribution in [0.4, 0.5) is 0 Å². The van der Waals surface area contributed by atoms with E-state index in [4.69, 9.17) is 11.6 Å². The summed E-state index contributed by atoms with van der Waals surface area (Å²) in [5.41, 5.74) is 7.93. The first-order valence-corrected chi connectivity index (χ1v) is 9.60. The van der Waals surface area contributed by atoms with Crippen molar-refractivity contribution in [1.29, 1.82) is 0 Å². The zero-order chi connectivity index (χ0) is 16.8. The number of hydrogen-bond acceptors (Lipinski definition) is 1. The zero-order valence-corrected chi connectivity index (χ0v) is 15.0. The minimum Gasteiger partial charge on any atom is -0.112 e. The summed E-state index contributed by atoms with van der Waals surface area (Å²) in [5, 5.41) is 1.12. The second kappa shape index (κ2) is 5.94. The van der Waals surface area contributed by atoms with E-state index in [1.54, 1.807) is 0 Å². The Morgan fingerprint density at radius 2 is 1.52 bits per heavy atom. The third kappa shape index (κ3) is 2.47. The molecule has 0 nitrogen and oxygen atoms in total. The molecular formula is C23H15ClS. The lowest BCUT2D eigenvalue weighted by Crippen LogP contribution is -1.92. The summed E-state index contributed by atoms with van der Waals surface area (Å²) in [6.45, 7) is 0. The highest BCUT2D eigenvalue weighted by atomic mass is 35.5. The van der Waals surface area contributed by atoms with Crippen LogP contribution < -0.4 is 0 Å². The van der Waals surface area contributed by atoms with Crippen LogP contribution in [0.3, 0.4) is 0 Å². The SMILES string of the molecule is Clc1ccc2c(c1)C=C1C2=C(c2ccccc2)SC1c1ccccc1. The predicted octanol–water partition coefficient (Wildman–Crippen LogP) is 7.09. The van der Waals surface area contributed by atoms with Gasteiger partial charge in [-0.15, -0.1) is 11.8 Å². The van der Waals surface area contributed by atoms with Crippen LogP contribution >= 0.6 is 23.4 Å². The minimum absolute atomic E-state index is 0.331. The summed E-state index contributed by atoms with van der Waals surface area (Å²) in [4.78, 5) is 1.36. The second-order valence-electron chi connectivity index (χ2n) is 6.31. The maximum absolute atomic E-state index is 6.24. The van der Waals surface area contributed by atoms with Gasteiger partial charge in [-0.2, -0.15) is 0 Å². The van der Waals surface area contributed by atoms with Gasteiger partial charge < -0.3 is 0 Å². The average molecular weight is 359 g/mol. The molecule has 0 fully saturated rings. The van der Waals surface area contributed by atoms with E-state index in [1.165, 1.54) is 38.3 Å². The number of thioether (sulfide) groups is 1. The molecule has 0 saturated carbocycles. The van der Waals surface area contributed by atoms with Gasteiger partial charge in [0.2, 0.25) is 0 Å². The molecule has 3 aromatic carbocycles. The van der Waals surface area contributed by atoms with Crippen molar-refractivity contribution in [1.82, 2.24) is 0 Å². The van der Waals surface area contributed by atoms with Crippen molar-refractivity contribution >= 4 is 39.9 Å². The Balaban J connectivity index is 1.72. The number of rotatable bonds is 2. The summed E-state index contributed by atoms with van der Waals surface area (Å²) >= 11 is 8.19. The van der Waals surface area contributed by atoms with Crippen LogP contribution in [0.2, 0.25) is 5.02 Å². The molecule has 1 atom stereocenters. The molecular weight excluding hydrogens is 344 g/mol. The summed E-state index contributed by atoms with van der Waals surface area (Å²) in [6.07, 6.45) is 2.32. The van der Waals surface area contributed by atoms with Crippen LogP contribution in [0.25, 0.3) is 16.6 Å². The molecule has 120 valence electrons. The van der Waals surface area contributed by atoms with Gasteiger partial charge >= 0.3 is 0 Å². The van der Waals surface area contributed by atoms with Crippen molar-refractivity contribution in [2.75, 3.05) is 0 Å². The van der Waals surface area contributed by atoms with E-state index < -0.39 is 0 Å². The Morgan fingerprint density at radius 1 is 0.800 bits per heavy atom. The fraction of sp³-hybridized carbons (Fsp3) is 0.0435. The molecule has 0 saturated heterocycles. The second-order valence-corrected chi connectivity index (χ2v) is 7.86. The monoisotopic (exact) mass is 358 g/mol. The Labute approximate surface area is 156 Å². The number of fused-ring (bicyclic) bond motifs is 3. The highest BCUT2D eigenvalue weighted by molar-refractivity contribution is 8.09. The molecule has 1 unspecified atom stereocenters. The molecule has 0 bridgehead atoms. The molecule has 1 heterocycles. The van der Waals surface area contributed by atoms with E-state index in [0.29, 0.717) is 5.25 Å². The van der Waals surface area contributed by atoms with Crippen molar-refractivity contribution in [2.45, 2.75) is 5.25 Å². The number of hydrogen-bond donors (Lipinski definition) is 0. The van der Waals surface area contributed by atoms with E-state index in [9.17, 15) is 0 Å². The maximum atomic E-state index is 6.24. The van der Waals surface area contributed by atoms with Gasteiger partial charge in [-0.25, -0.2) is 0 Å². The van der Waals surface area contributed by atoms with Gasteiger partial charge in [0.05, 0.1) is 5.25 Å². The quantitative estimate of drug-likeness (QED) is 0.471. The Bertz CT molecular complexity index is 1020. The van der Waals surface area contributed by atoms with Crippen LogP contribution in [0, 0.1) is 0 Å². The van der Waals surface area contributed by atoms with Gasteiger partial charge in [-0.3, -0.25) is 0 Å². The molecule has 1 aliphatic carbocycles. The Kier molecular flexibility index (Phi) is 3.58. The summed E-state index contributed by atoms with van der Waals surface area (Å²) in [7, 11) is 0. The third-order valence-corrected chi connectivity index (χ3v) is 6.44. The highest BCUT2D eigenvalue weighted by Gasteiger charge is 2.36. The first-order chi connectivity index (χ1) is 12.3. The maximum Gasteiger partial charge on any atom is 0.0601 e. The van der Waals surface area contributed by atoms with Crippen molar-refractivity contribution in [2.24, 2.45) is 0 Å². The average Bonchev–Trinajstić information content (AvgIpc) is 3.20. The Morgan fingerprint density at radius 3 is 2.28 bits per heavy atom. The molecule has 3 aromatic rings. The van der Waals surface area contributed by atoms with E-state index in [1.807, 2.05) is 17.8 Å². The molecule has 0 spiro atoms. The van der Waals surface area contributed by atoms with Gasteiger partial charge in [0.25, 0.3) is 0 Å². The lowest BCUT2D eigenvalue weighted by Gasteiger charge is -2.12. The van der Waals surface area contributed by atoms with Gasteiger partial charge in [-0.05, 0) is 46.0 Å². The van der Waals surface area contributed by atoms with Gasteiger partial charge in [0.15, 0.2) is 0 Å². The summed E-state index contributed by atoms with van der Waals surface area (Å²) < 4.78 is 0.